The van der Waals surface area contributed by atoms with Crippen LogP contribution in [0.15, 0.2) is 59.6 Å². The minimum Gasteiger partial charge on any atom is -0.354 e. The highest BCUT2D eigenvalue weighted by atomic mass is 15.2. The number of aliphatic imine (C=N–C) groups is 1. The zero-order valence-corrected chi connectivity index (χ0v) is 13.2. The summed E-state index contributed by atoms with van der Waals surface area (Å²) in [6, 6.07) is 18.8. The van der Waals surface area contributed by atoms with Gasteiger partial charge in [-0.2, -0.15) is 0 Å². The van der Waals surface area contributed by atoms with Crippen molar-refractivity contribution in [2.24, 2.45) is 16.6 Å². The number of rotatable bonds is 3. The van der Waals surface area contributed by atoms with Crippen molar-refractivity contribution in [3.8, 4) is 0 Å². The van der Waals surface area contributed by atoms with E-state index >= 15 is 0 Å². The Morgan fingerprint density at radius 2 is 1.77 bits per heavy atom. The van der Waals surface area contributed by atoms with Crippen LogP contribution in [0.1, 0.15) is 25.0 Å². The maximum absolute atomic E-state index is 6.40. The molecule has 0 radical (unpaired) electrons. The zero-order valence-electron chi connectivity index (χ0n) is 13.2. The van der Waals surface area contributed by atoms with Crippen molar-refractivity contribution in [3.63, 3.8) is 0 Å². The predicted molar refractivity (Wildman–Crippen MR) is 93.5 cm³/mol. The Morgan fingerprint density at radius 3 is 2.50 bits per heavy atom. The van der Waals surface area contributed by atoms with E-state index in [0.717, 1.165) is 17.8 Å². The van der Waals surface area contributed by atoms with Crippen LogP contribution in [0.25, 0.3) is 0 Å². The molecule has 0 bridgehead atoms. The number of benzodiazepines with no additional fused rings is 1. The number of hydrogen-bond donors (Lipinski definition) is 1. The second-order valence-electron chi connectivity index (χ2n) is 6.19. The van der Waals surface area contributed by atoms with Crippen LogP contribution in [0.3, 0.4) is 0 Å². The van der Waals surface area contributed by atoms with E-state index in [1.54, 1.807) is 0 Å². The highest BCUT2D eigenvalue weighted by molar-refractivity contribution is 6.16. The second kappa shape index (κ2) is 6.32. The number of benzene rings is 2. The average molecular weight is 293 g/mol. The molecule has 3 nitrogen and oxygen atoms in total. The van der Waals surface area contributed by atoms with Gasteiger partial charge in [0.15, 0.2) is 0 Å². The topological polar surface area (TPSA) is 41.6 Å². The fourth-order valence-electron chi connectivity index (χ4n) is 2.94. The van der Waals surface area contributed by atoms with Crippen LogP contribution in [0, 0.1) is 5.92 Å². The molecule has 1 aliphatic rings. The van der Waals surface area contributed by atoms with E-state index in [9.17, 15) is 0 Å². The van der Waals surface area contributed by atoms with Gasteiger partial charge in [0.2, 0.25) is 0 Å². The monoisotopic (exact) mass is 293 g/mol. The standard InChI is InChI=1S/C19H23N3/c1-14(2)13-22-17-11-7-6-10-16(17)19(21-12-18(22)20)15-8-4-3-5-9-15/h3-11,14,18H,12-13,20H2,1-2H3. The van der Waals surface area contributed by atoms with Crippen LogP contribution >= 0.6 is 0 Å². The van der Waals surface area contributed by atoms with Crippen LogP contribution in [0.4, 0.5) is 5.69 Å². The van der Waals surface area contributed by atoms with Crippen molar-refractivity contribution >= 4 is 11.4 Å². The Labute approximate surface area is 132 Å². The molecular weight excluding hydrogens is 270 g/mol. The lowest BCUT2D eigenvalue weighted by atomic mass is 10.00. The second-order valence-corrected chi connectivity index (χ2v) is 6.19. The first kappa shape index (κ1) is 14.8. The van der Waals surface area contributed by atoms with Crippen LogP contribution < -0.4 is 10.6 Å². The van der Waals surface area contributed by atoms with Gasteiger partial charge in [0, 0.05) is 23.4 Å². The molecule has 0 saturated carbocycles. The Hall–Kier alpha value is -2.13. The van der Waals surface area contributed by atoms with Gasteiger partial charge < -0.3 is 10.6 Å². The average Bonchev–Trinajstić information content (AvgIpc) is 2.66. The first-order valence-corrected chi connectivity index (χ1v) is 7.88. The molecule has 1 aliphatic heterocycles. The van der Waals surface area contributed by atoms with Gasteiger partial charge in [-0.25, -0.2) is 0 Å². The molecule has 2 aromatic carbocycles. The van der Waals surface area contributed by atoms with E-state index in [1.165, 1.54) is 11.3 Å². The molecule has 3 rings (SSSR count). The van der Waals surface area contributed by atoms with E-state index in [-0.39, 0.29) is 6.17 Å². The van der Waals surface area contributed by atoms with E-state index in [0.29, 0.717) is 12.5 Å². The summed E-state index contributed by atoms with van der Waals surface area (Å²) < 4.78 is 0. The third kappa shape index (κ3) is 2.90. The van der Waals surface area contributed by atoms with Gasteiger partial charge >= 0.3 is 0 Å². The molecule has 1 heterocycles. The van der Waals surface area contributed by atoms with Gasteiger partial charge in [0.25, 0.3) is 0 Å². The molecule has 114 valence electrons. The predicted octanol–water partition coefficient (Wildman–Crippen LogP) is 3.28. The summed E-state index contributed by atoms with van der Waals surface area (Å²) in [5.41, 5.74) is 10.9. The summed E-state index contributed by atoms with van der Waals surface area (Å²) in [5, 5.41) is 0. The normalized spacial score (nSPS) is 17.9. The minimum atomic E-state index is -0.0789. The van der Waals surface area contributed by atoms with E-state index in [2.05, 4.69) is 67.3 Å². The maximum Gasteiger partial charge on any atom is 0.0970 e. The summed E-state index contributed by atoms with van der Waals surface area (Å²) in [6.45, 7) is 6.00. The smallest absolute Gasteiger partial charge is 0.0970 e. The molecule has 3 heteroatoms. The summed E-state index contributed by atoms with van der Waals surface area (Å²) in [4.78, 5) is 7.11. The first-order valence-electron chi connectivity index (χ1n) is 7.88. The number of fused-ring (bicyclic) bond motifs is 1. The minimum absolute atomic E-state index is 0.0789. The summed E-state index contributed by atoms with van der Waals surface area (Å²) in [6.07, 6.45) is -0.0789. The number of anilines is 1. The third-order valence-electron chi connectivity index (χ3n) is 3.91. The fraction of sp³-hybridized carbons (Fsp3) is 0.316. The van der Waals surface area contributed by atoms with Gasteiger partial charge in [-0.1, -0.05) is 62.4 Å². The van der Waals surface area contributed by atoms with E-state index in [4.69, 9.17) is 10.7 Å². The molecule has 1 atom stereocenters. The quantitative estimate of drug-likeness (QED) is 0.943. The first-order chi connectivity index (χ1) is 10.7. The molecular formula is C19H23N3. The molecule has 0 saturated heterocycles. The van der Waals surface area contributed by atoms with E-state index < -0.39 is 0 Å². The summed E-state index contributed by atoms with van der Waals surface area (Å²) >= 11 is 0. The van der Waals surface area contributed by atoms with Crippen LogP contribution in [-0.2, 0) is 0 Å². The van der Waals surface area contributed by atoms with Gasteiger partial charge in [-0.3, -0.25) is 4.99 Å². The van der Waals surface area contributed by atoms with E-state index in [1.807, 2.05) is 6.07 Å². The Bertz CT molecular complexity index is 661. The SMILES string of the molecule is CC(C)CN1c2ccccc2C(c2ccccc2)=NCC1N. The van der Waals surface area contributed by atoms with Crippen molar-refractivity contribution < 1.29 is 0 Å². The molecule has 2 N–H and O–H groups in total. The van der Waals surface area contributed by atoms with Crippen LogP contribution in [-0.4, -0.2) is 25.0 Å². The third-order valence-corrected chi connectivity index (χ3v) is 3.91. The molecule has 2 aromatic rings. The lowest BCUT2D eigenvalue weighted by Gasteiger charge is -2.31. The maximum atomic E-state index is 6.40. The van der Waals surface area contributed by atoms with Crippen molar-refractivity contribution in [2.45, 2.75) is 20.0 Å². The Morgan fingerprint density at radius 1 is 1.09 bits per heavy atom. The fourth-order valence-corrected chi connectivity index (χ4v) is 2.94. The van der Waals surface area contributed by atoms with Crippen molar-refractivity contribution in [1.82, 2.24) is 0 Å². The summed E-state index contributed by atoms with van der Waals surface area (Å²) in [5.74, 6) is 0.553. The highest BCUT2D eigenvalue weighted by Gasteiger charge is 2.24. The lowest BCUT2D eigenvalue weighted by molar-refractivity contribution is 0.545. The Balaban J connectivity index is 2.10. The van der Waals surface area contributed by atoms with Gasteiger partial charge in [0.1, 0.15) is 0 Å². The number of nitrogens with two attached hydrogens (primary N) is 1. The summed E-state index contributed by atoms with van der Waals surface area (Å²) in [7, 11) is 0. The largest absolute Gasteiger partial charge is 0.354 e. The molecule has 1 unspecified atom stereocenters. The van der Waals surface area contributed by atoms with Crippen molar-refractivity contribution in [1.29, 1.82) is 0 Å². The Kier molecular flexibility index (Phi) is 4.25. The lowest BCUT2D eigenvalue weighted by Crippen LogP contribution is -2.45. The van der Waals surface area contributed by atoms with Gasteiger partial charge in [0.05, 0.1) is 18.4 Å². The molecule has 0 fully saturated rings. The molecule has 22 heavy (non-hydrogen) atoms. The van der Waals surface area contributed by atoms with Gasteiger partial charge in [-0.15, -0.1) is 0 Å². The zero-order chi connectivity index (χ0) is 15.5. The van der Waals surface area contributed by atoms with Crippen molar-refractivity contribution in [3.05, 3.63) is 65.7 Å². The van der Waals surface area contributed by atoms with Crippen LogP contribution in [0.5, 0.6) is 0 Å². The van der Waals surface area contributed by atoms with Crippen LogP contribution in [0.2, 0.25) is 0 Å². The van der Waals surface area contributed by atoms with Crippen molar-refractivity contribution in [2.75, 3.05) is 18.0 Å². The highest BCUT2D eigenvalue weighted by Crippen LogP contribution is 2.28. The number of hydrogen-bond acceptors (Lipinski definition) is 3. The molecule has 0 aliphatic carbocycles. The molecule has 0 amide bonds. The molecule has 0 aromatic heterocycles. The number of nitrogens with zero attached hydrogens (tertiary/aromatic N) is 2. The number of para-hydroxylation sites is 1. The van der Waals surface area contributed by atoms with Gasteiger partial charge in [-0.05, 0) is 12.0 Å². The molecule has 0 spiro atoms.